The summed E-state index contributed by atoms with van der Waals surface area (Å²) in [6, 6.07) is 12.4. The molecule has 0 aromatic heterocycles. The van der Waals surface area contributed by atoms with Crippen molar-refractivity contribution in [1.82, 2.24) is 0 Å². The predicted molar refractivity (Wildman–Crippen MR) is 104 cm³/mol. The van der Waals surface area contributed by atoms with Gasteiger partial charge in [0.1, 0.15) is 5.75 Å². The number of hydrogen-bond donors (Lipinski definition) is 1. The molecular weight excluding hydrogens is 359 g/mol. The fourth-order valence-electron chi connectivity index (χ4n) is 2.52. The number of halogens is 2. The van der Waals surface area contributed by atoms with E-state index in [-0.39, 0.29) is 5.78 Å². The smallest absolute Gasteiger partial charge is 0.164 e. The Balaban J connectivity index is 2.08. The molecular formula is C19H22Cl2N2O2. The molecule has 0 bridgehead atoms. The zero-order valence-electron chi connectivity index (χ0n) is 14.2. The van der Waals surface area contributed by atoms with E-state index in [0.29, 0.717) is 41.7 Å². The van der Waals surface area contributed by atoms with E-state index in [0.717, 1.165) is 17.9 Å². The number of nitrogens with zero attached hydrogens (tertiary/aromatic N) is 1. The largest absolute Gasteiger partial charge is 0.497 e. The van der Waals surface area contributed by atoms with Crippen LogP contribution in [0.25, 0.3) is 0 Å². The molecule has 2 N–H and O–H groups in total. The van der Waals surface area contributed by atoms with Crippen LogP contribution in [0.3, 0.4) is 0 Å². The van der Waals surface area contributed by atoms with Crippen molar-refractivity contribution in [2.75, 3.05) is 31.6 Å². The van der Waals surface area contributed by atoms with Crippen LogP contribution < -0.4 is 15.4 Å². The summed E-state index contributed by atoms with van der Waals surface area (Å²) >= 11 is 12.4. The van der Waals surface area contributed by atoms with Gasteiger partial charge in [-0.2, -0.15) is 0 Å². The minimum absolute atomic E-state index is 0.0681. The molecule has 0 atom stereocenters. The van der Waals surface area contributed by atoms with Crippen LogP contribution in [0.4, 0.5) is 5.69 Å². The molecule has 0 aliphatic rings. The van der Waals surface area contributed by atoms with Crippen molar-refractivity contribution in [3.05, 3.63) is 58.1 Å². The summed E-state index contributed by atoms with van der Waals surface area (Å²) in [5, 5.41) is 1.22. The Morgan fingerprint density at radius 2 is 1.84 bits per heavy atom. The van der Waals surface area contributed by atoms with Crippen LogP contribution in [0.2, 0.25) is 10.0 Å². The van der Waals surface area contributed by atoms with Gasteiger partial charge in [0.05, 0.1) is 17.8 Å². The number of carbonyl (C=O) groups excluding carboxylic acids is 1. The lowest BCUT2D eigenvalue weighted by Crippen LogP contribution is -2.29. The Morgan fingerprint density at radius 3 is 2.48 bits per heavy atom. The van der Waals surface area contributed by atoms with Crippen molar-refractivity contribution >= 4 is 34.7 Å². The van der Waals surface area contributed by atoms with Gasteiger partial charge in [-0.05, 0) is 55.4 Å². The lowest BCUT2D eigenvalue weighted by molar-refractivity contribution is 0.0984. The van der Waals surface area contributed by atoms with Gasteiger partial charge in [-0.25, -0.2) is 0 Å². The molecule has 0 aliphatic heterocycles. The summed E-state index contributed by atoms with van der Waals surface area (Å²) in [5.41, 5.74) is 7.12. The van der Waals surface area contributed by atoms with E-state index in [1.165, 1.54) is 0 Å². The number of ether oxygens (including phenoxy) is 1. The van der Waals surface area contributed by atoms with Gasteiger partial charge in [0, 0.05) is 30.1 Å². The molecule has 2 aromatic carbocycles. The molecule has 0 unspecified atom stereocenters. The number of hydrogen-bond acceptors (Lipinski definition) is 4. The lowest BCUT2D eigenvalue weighted by Gasteiger charge is -2.25. The van der Waals surface area contributed by atoms with E-state index in [4.69, 9.17) is 33.7 Å². The number of carbonyl (C=O) groups is 1. The van der Waals surface area contributed by atoms with E-state index < -0.39 is 0 Å². The summed E-state index contributed by atoms with van der Waals surface area (Å²) < 4.78 is 5.12. The monoisotopic (exact) mass is 380 g/mol. The Hall–Kier alpha value is -1.75. The predicted octanol–water partition coefficient (Wildman–Crippen LogP) is 4.43. The average Bonchev–Trinajstić information content (AvgIpc) is 2.64. The first-order chi connectivity index (χ1) is 12.0. The van der Waals surface area contributed by atoms with Gasteiger partial charge in [0.2, 0.25) is 0 Å². The first-order valence-corrected chi connectivity index (χ1v) is 8.88. The van der Waals surface area contributed by atoms with Crippen molar-refractivity contribution in [2.24, 2.45) is 5.73 Å². The Bertz CT molecular complexity index is 705. The zero-order chi connectivity index (χ0) is 18.2. The highest BCUT2D eigenvalue weighted by molar-refractivity contribution is 6.35. The highest BCUT2D eigenvalue weighted by atomic mass is 35.5. The Morgan fingerprint density at radius 1 is 1.12 bits per heavy atom. The topological polar surface area (TPSA) is 55.6 Å². The van der Waals surface area contributed by atoms with E-state index in [1.807, 2.05) is 6.07 Å². The van der Waals surface area contributed by atoms with Crippen molar-refractivity contribution in [1.29, 1.82) is 0 Å². The molecule has 25 heavy (non-hydrogen) atoms. The summed E-state index contributed by atoms with van der Waals surface area (Å²) in [6.45, 7) is 1.83. The van der Waals surface area contributed by atoms with Gasteiger partial charge >= 0.3 is 0 Å². The molecule has 2 aromatic rings. The third-order valence-corrected chi connectivity index (χ3v) is 4.46. The highest BCUT2D eigenvalue weighted by Gasteiger charge is 2.14. The number of benzene rings is 2. The van der Waals surface area contributed by atoms with Crippen molar-refractivity contribution < 1.29 is 9.53 Å². The molecule has 4 nitrogen and oxygen atoms in total. The van der Waals surface area contributed by atoms with E-state index in [9.17, 15) is 4.79 Å². The van der Waals surface area contributed by atoms with E-state index in [2.05, 4.69) is 4.90 Å². The number of rotatable bonds is 9. The first kappa shape index (κ1) is 19.6. The summed E-state index contributed by atoms with van der Waals surface area (Å²) in [4.78, 5) is 14.5. The van der Waals surface area contributed by atoms with Crippen LogP contribution >= 0.6 is 23.2 Å². The van der Waals surface area contributed by atoms with Gasteiger partial charge < -0.3 is 15.4 Å². The van der Waals surface area contributed by atoms with Gasteiger partial charge in [-0.1, -0.05) is 23.2 Å². The maximum Gasteiger partial charge on any atom is 0.164 e. The Kier molecular flexibility index (Phi) is 7.56. The second kappa shape index (κ2) is 9.66. The normalized spacial score (nSPS) is 10.6. The second-order valence-electron chi connectivity index (χ2n) is 5.63. The fourth-order valence-corrected chi connectivity index (χ4v) is 2.92. The quantitative estimate of drug-likeness (QED) is 0.653. The van der Waals surface area contributed by atoms with Crippen LogP contribution in [-0.2, 0) is 0 Å². The molecule has 0 saturated carbocycles. The van der Waals surface area contributed by atoms with E-state index in [1.54, 1.807) is 43.5 Å². The van der Waals surface area contributed by atoms with Gasteiger partial charge in [-0.15, -0.1) is 0 Å². The Labute approximate surface area is 158 Å². The maximum atomic E-state index is 12.5. The third kappa shape index (κ3) is 5.63. The standard InChI is InChI=1S/C19H22Cl2N2O2/c1-25-16-6-3-14(4-7-16)19(24)9-12-23(11-2-10-22)18-13-15(20)5-8-17(18)21/h3-8,13H,2,9-12,22H2,1H3. The number of Topliss-reactive ketones (excluding diaryl/α,β-unsaturated/α-hetero) is 1. The second-order valence-corrected chi connectivity index (χ2v) is 6.47. The van der Waals surface area contributed by atoms with Crippen LogP contribution in [0.5, 0.6) is 5.75 Å². The van der Waals surface area contributed by atoms with Gasteiger partial charge in [-0.3, -0.25) is 4.79 Å². The number of methoxy groups -OCH3 is 1. The summed E-state index contributed by atoms with van der Waals surface area (Å²) in [7, 11) is 1.60. The molecule has 2 rings (SSSR count). The summed E-state index contributed by atoms with van der Waals surface area (Å²) in [5.74, 6) is 0.797. The molecule has 0 aliphatic carbocycles. The third-order valence-electron chi connectivity index (χ3n) is 3.90. The maximum absolute atomic E-state index is 12.5. The highest BCUT2D eigenvalue weighted by Crippen LogP contribution is 2.29. The van der Waals surface area contributed by atoms with Crippen molar-refractivity contribution in [2.45, 2.75) is 12.8 Å². The van der Waals surface area contributed by atoms with Gasteiger partial charge in [0.15, 0.2) is 5.78 Å². The number of nitrogens with two attached hydrogens (primary N) is 1. The fraction of sp³-hybridized carbons (Fsp3) is 0.316. The molecule has 0 saturated heterocycles. The summed E-state index contributed by atoms with van der Waals surface area (Å²) in [6.07, 6.45) is 1.18. The first-order valence-electron chi connectivity index (χ1n) is 8.12. The van der Waals surface area contributed by atoms with E-state index >= 15 is 0 Å². The van der Waals surface area contributed by atoms with Crippen LogP contribution in [0.1, 0.15) is 23.2 Å². The number of anilines is 1. The SMILES string of the molecule is COc1ccc(C(=O)CCN(CCCN)c2cc(Cl)ccc2Cl)cc1. The van der Waals surface area contributed by atoms with Crippen molar-refractivity contribution in [3.8, 4) is 5.75 Å². The lowest BCUT2D eigenvalue weighted by atomic mass is 10.1. The van der Waals surface area contributed by atoms with Crippen LogP contribution in [-0.4, -0.2) is 32.5 Å². The molecule has 0 radical (unpaired) electrons. The average molecular weight is 381 g/mol. The molecule has 0 spiro atoms. The van der Waals surface area contributed by atoms with Gasteiger partial charge in [0.25, 0.3) is 0 Å². The molecule has 134 valence electrons. The molecule has 0 amide bonds. The minimum Gasteiger partial charge on any atom is -0.497 e. The zero-order valence-corrected chi connectivity index (χ0v) is 15.7. The minimum atomic E-state index is 0.0681. The number of ketones is 1. The van der Waals surface area contributed by atoms with Crippen molar-refractivity contribution in [3.63, 3.8) is 0 Å². The molecule has 6 heteroatoms. The van der Waals surface area contributed by atoms with Crippen LogP contribution in [0, 0.1) is 0 Å². The molecule has 0 heterocycles. The molecule has 0 fully saturated rings. The van der Waals surface area contributed by atoms with Crippen LogP contribution in [0.15, 0.2) is 42.5 Å².